The molecule has 2 heteroatoms. The van der Waals surface area contributed by atoms with E-state index in [0.29, 0.717) is 12.0 Å². The molecule has 0 aliphatic carbocycles. The lowest BCUT2D eigenvalue weighted by atomic mass is 9.94. The normalized spacial score (nSPS) is 17.4. The van der Waals surface area contributed by atoms with Crippen molar-refractivity contribution in [1.82, 2.24) is 5.32 Å². The average Bonchev–Trinajstić information content (AvgIpc) is 2.53. The van der Waals surface area contributed by atoms with E-state index in [2.05, 4.69) is 67.7 Å². The molecule has 21 heavy (non-hydrogen) atoms. The Kier molecular flexibility index (Phi) is 4.26. The van der Waals surface area contributed by atoms with E-state index in [1.54, 1.807) is 0 Å². The number of hydrogen-bond donors (Lipinski definition) is 1. The third-order valence-corrected chi connectivity index (χ3v) is 4.14. The minimum atomic E-state index is 0.382. The van der Waals surface area contributed by atoms with Gasteiger partial charge in [0.15, 0.2) is 0 Å². The molecule has 0 radical (unpaired) electrons. The molecular formula is C19H23NO. The largest absolute Gasteiger partial charge is 0.493 e. The van der Waals surface area contributed by atoms with Crippen LogP contribution in [0, 0.1) is 0 Å². The average molecular weight is 281 g/mol. The van der Waals surface area contributed by atoms with Gasteiger partial charge in [0, 0.05) is 24.6 Å². The summed E-state index contributed by atoms with van der Waals surface area (Å²) in [6.07, 6.45) is 1.03. The van der Waals surface area contributed by atoms with Gasteiger partial charge >= 0.3 is 0 Å². The minimum Gasteiger partial charge on any atom is -0.493 e. The Morgan fingerprint density at radius 3 is 2.71 bits per heavy atom. The van der Waals surface area contributed by atoms with Gasteiger partial charge in [-0.2, -0.15) is 0 Å². The molecular weight excluding hydrogens is 258 g/mol. The molecule has 2 nitrogen and oxygen atoms in total. The Morgan fingerprint density at radius 1 is 1.14 bits per heavy atom. The first kappa shape index (κ1) is 14.2. The molecule has 1 N–H and O–H groups in total. The predicted molar refractivity (Wildman–Crippen MR) is 86.7 cm³/mol. The first-order valence-corrected chi connectivity index (χ1v) is 7.78. The summed E-state index contributed by atoms with van der Waals surface area (Å²) in [6, 6.07) is 17.6. The summed E-state index contributed by atoms with van der Waals surface area (Å²) in [4.78, 5) is 0. The fourth-order valence-electron chi connectivity index (χ4n) is 2.82. The third kappa shape index (κ3) is 3.27. The van der Waals surface area contributed by atoms with Gasteiger partial charge in [0.05, 0.1) is 6.61 Å². The monoisotopic (exact) mass is 281 g/mol. The van der Waals surface area contributed by atoms with Gasteiger partial charge in [-0.3, -0.25) is 0 Å². The lowest BCUT2D eigenvalue weighted by Gasteiger charge is -2.28. The first-order chi connectivity index (χ1) is 10.2. The summed E-state index contributed by atoms with van der Waals surface area (Å²) in [5, 5.41) is 3.68. The van der Waals surface area contributed by atoms with Crippen LogP contribution < -0.4 is 10.1 Å². The van der Waals surface area contributed by atoms with Crippen LogP contribution in [0.2, 0.25) is 0 Å². The Morgan fingerprint density at radius 2 is 1.95 bits per heavy atom. The molecule has 1 atom stereocenters. The second-order valence-corrected chi connectivity index (χ2v) is 6.01. The lowest BCUT2D eigenvalue weighted by molar-refractivity contribution is 0.252. The maximum atomic E-state index is 5.80. The van der Waals surface area contributed by atoms with Crippen LogP contribution in [0.25, 0.3) is 0 Å². The smallest absolute Gasteiger partial charge is 0.124 e. The number of hydrogen-bond acceptors (Lipinski definition) is 2. The zero-order valence-corrected chi connectivity index (χ0v) is 12.8. The fourth-order valence-corrected chi connectivity index (χ4v) is 2.82. The molecule has 1 aliphatic rings. The molecule has 3 rings (SSSR count). The van der Waals surface area contributed by atoms with Crippen molar-refractivity contribution in [1.29, 1.82) is 0 Å². The maximum absolute atomic E-state index is 5.80. The second kappa shape index (κ2) is 6.31. The Bertz CT molecular complexity index is 592. The highest BCUT2D eigenvalue weighted by atomic mass is 16.5. The van der Waals surface area contributed by atoms with Crippen LogP contribution in [0.5, 0.6) is 5.75 Å². The Balaban J connectivity index is 1.77. The number of ether oxygens (including phenoxy) is 1. The molecule has 0 spiro atoms. The quantitative estimate of drug-likeness (QED) is 0.895. The van der Waals surface area contributed by atoms with E-state index >= 15 is 0 Å². The van der Waals surface area contributed by atoms with Gasteiger partial charge in [0.2, 0.25) is 0 Å². The first-order valence-electron chi connectivity index (χ1n) is 7.78. The summed E-state index contributed by atoms with van der Waals surface area (Å²) in [5.74, 6) is 1.59. The van der Waals surface area contributed by atoms with Crippen molar-refractivity contribution < 1.29 is 4.74 Å². The molecule has 0 aromatic heterocycles. The van der Waals surface area contributed by atoms with Crippen molar-refractivity contribution in [2.24, 2.45) is 0 Å². The third-order valence-electron chi connectivity index (χ3n) is 4.14. The highest BCUT2D eigenvalue weighted by molar-refractivity contribution is 5.41. The minimum absolute atomic E-state index is 0.382. The highest BCUT2D eigenvalue weighted by Crippen LogP contribution is 2.34. The molecule has 0 bridgehead atoms. The number of benzene rings is 2. The van der Waals surface area contributed by atoms with E-state index in [9.17, 15) is 0 Å². The van der Waals surface area contributed by atoms with Gasteiger partial charge in [-0.25, -0.2) is 0 Å². The molecule has 1 aliphatic heterocycles. The van der Waals surface area contributed by atoms with Crippen molar-refractivity contribution in [2.45, 2.75) is 38.8 Å². The van der Waals surface area contributed by atoms with Crippen molar-refractivity contribution in [3.63, 3.8) is 0 Å². The van der Waals surface area contributed by atoms with Gasteiger partial charge in [-0.1, -0.05) is 56.3 Å². The lowest BCUT2D eigenvalue weighted by Crippen LogP contribution is -2.27. The van der Waals surface area contributed by atoms with E-state index in [1.165, 1.54) is 16.7 Å². The maximum Gasteiger partial charge on any atom is 0.124 e. The van der Waals surface area contributed by atoms with Crippen molar-refractivity contribution in [2.75, 3.05) is 6.61 Å². The standard InChI is InChI=1S/C19H23NO/c1-14(2)16-8-9-19-17(12-16)18(10-11-21-19)20-13-15-6-4-3-5-7-15/h3-9,12,14,18,20H,10-11,13H2,1-2H3. The molecule has 0 fully saturated rings. The number of rotatable bonds is 4. The summed E-state index contributed by atoms with van der Waals surface area (Å²) in [5.41, 5.74) is 4.01. The fraction of sp³-hybridized carbons (Fsp3) is 0.368. The van der Waals surface area contributed by atoms with Crippen LogP contribution in [0.1, 0.15) is 48.9 Å². The zero-order chi connectivity index (χ0) is 14.7. The van der Waals surface area contributed by atoms with Crippen molar-refractivity contribution in [3.05, 3.63) is 65.2 Å². The van der Waals surface area contributed by atoms with Gasteiger partial charge in [-0.05, 0) is 23.1 Å². The Hall–Kier alpha value is -1.80. The van der Waals surface area contributed by atoms with Gasteiger partial charge in [0.25, 0.3) is 0 Å². The van der Waals surface area contributed by atoms with Crippen LogP contribution in [-0.4, -0.2) is 6.61 Å². The zero-order valence-electron chi connectivity index (χ0n) is 12.8. The van der Waals surface area contributed by atoms with Crippen LogP contribution in [0.3, 0.4) is 0 Å². The van der Waals surface area contributed by atoms with E-state index in [1.807, 2.05) is 0 Å². The topological polar surface area (TPSA) is 21.3 Å². The Labute approximate surface area is 127 Å². The number of fused-ring (bicyclic) bond motifs is 1. The van der Waals surface area contributed by atoms with Gasteiger partial charge in [0.1, 0.15) is 5.75 Å². The van der Waals surface area contributed by atoms with E-state index in [-0.39, 0.29) is 0 Å². The van der Waals surface area contributed by atoms with Crippen LogP contribution in [-0.2, 0) is 6.54 Å². The van der Waals surface area contributed by atoms with Crippen LogP contribution in [0.15, 0.2) is 48.5 Å². The summed E-state index contributed by atoms with van der Waals surface area (Å²) in [6.45, 7) is 6.16. The van der Waals surface area contributed by atoms with Crippen molar-refractivity contribution in [3.8, 4) is 5.75 Å². The van der Waals surface area contributed by atoms with E-state index in [0.717, 1.165) is 25.3 Å². The summed E-state index contributed by atoms with van der Waals surface area (Å²) < 4.78 is 5.80. The molecule has 0 saturated heterocycles. The molecule has 1 heterocycles. The molecule has 1 unspecified atom stereocenters. The molecule has 110 valence electrons. The molecule has 2 aromatic carbocycles. The summed E-state index contributed by atoms with van der Waals surface area (Å²) >= 11 is 0. The SMILES string of the molecule is CC(C)c1ccc2c(c1)C(NCc1ccccc1)CCO2. The summed E-state index contributed by atoms with van der Waals surface area (Å²) in [7, 11) is 0. The molecule has 0 amide bonds. The highest BCUT2D eigenvalue weighted by Gasteiger charge is 2.21. The van der Waals surface area contributed by atoms with Crippen molar-refractivity contribution >= 4 is 0 Å². The van der Waals surface area contributed by atoms with Gasteiger partial charge in [-0.15, -0.1) is 0 Å². The second-order valence-electron chi connectivity index (χ2n) is 6.01. The van der Waals surface area contributed by atoms with Crippen LogP contribution in [0.4, 0.5) is 0 Å². The van der Waals surface area contributed by atoms with E-state index in [4.69, 9.17) is 4.74 Å². The predicted octanol–water partition coefficient (Wildman–Crippen LogP) is 4.42. The molecule has 2 aromatic rings. The number of nitrogens with one attached hydrogen (secondary N) is 1. The molecule has 0 saturated carbocycles. The van der Waals surface area contributed by atoms with Crippen LogP contribution >= 0.6 is 0 Å². The van der Waals surface area contributed by atoms with Gasteiger partial charge < -0.3 is 10.1 Å². The van der Waals surface area contributed by atoms with E-state index < -0.39 is 0 Å².